The van der Waals surface area contributed by atoms with E-state index in [-0.39, 0.29) is 23.1 Å². The van der Waals surface area contributed by atoms with Crippen LogP contribution in [0.1, 0.15) is 44.9 Å². The number of carbonyl (C=O) groups excluding carboxylic acids is 2. The fraction of sp³-hybridized carbons (Fsp3) is 0.188. The third-order valence-corrected chi connectivity index (χ3v) is 3.33. The maximum atomic E-state index is 11.8. The number of pyridine rings is 1. The molecule has 0 aliphatic rings. The van der Waals surface area contributed by atoms with Gasteiger partial charge in [0.05, 0.1) is 0 Å². The predicted molar refractivity (Wildman–Crippen MR) is 80.1 cm³/mol. The van der Waals surface area contributed by atoms with Crippen LogP contribution in [0.5, 0.6) is 0 Å². The first-order valence-electron chi connectivity index (χ1n) is 6.61. The molecule has 0 fully saturated rings. The fourth-order valence-corrected chi connectivity index (χ4v) is 2.07. The summed E-state index contributed by atoms with van der Waals surface area (Å²) >= 11 is 0. The molecule has 1 heterocycles. The normalized spacial score (nSPS) is 11.7. The van der Waals surface area contributed by atoms with Crippen molar-refractivity contribution in [2.45, 2.75) is 12.8 Å². The van der Waals surface area contributed by atoms with Crippen LogP contribution in [-0.4, -0.2) is 23.8 Å². The molecule has 0 spiro atoms. The number of nitrogens with zero attached hydrogens (tertiary/aromatic N) is 1. The Balaban J connectivity index is 2.50. The molecule has 2 rings (SSSR count). The average Bonchev–Trinajstić information content (AvgIpc) is 2.53. The highest BCUT2D eigenvalue weighted by Gasteiger charge is 2.16. The minimum Gasteiger partial charge on any atom is -0.366 e. The number of carbonyl (C=O) groups is 2. The molecule has 0 aliphatic heterocycles. The lowest BCUT2D eigenvalue weighted by Crippen LogP contribution is -2.22. The zero-order valence-electron chi connectivity index (χ0n) is 12.0. The van der Waals surface area contributed by atoms with E-state index in [1.807, 2.05) is 37.3 Å². The van der Waals surface area contributed by atoms with Gasteiger partial charge >= 0.3 is 0 Å². The highest BCUT2D eigenvalue weighted by atomic mass is 16.2. The number of nitrogens with one attached hydrogen (secondary N) is 1. The molecule has 5 nitrogen and oxygen atoms in total. The molecule has 2 aromatic rings. The lowest BCUT2D eigenvalue weighted by molar-refractivity contribution is 0.0958. The van der Waals surface area contributed by atoms with Crippen molar-refractivity contribution >= 4 is 11.8 Å². The fourth-order valence-electron chi connectivity index (χ4n) is 2.07. The summed E-state index contributed by atoms with van der Waals surface area (Å²) in [6, 6.07) is 12.8. The number of nitrogens with two attached hydrogens (primary N) is 1. The van der Waals surface area contributed by atoms with Crippen molar-refractivity contribution in [1.29, 1.82) is 0 Å². The molecule has 2 amide bonds. The first-order chi connectivity index (χ1) is 10.0. The molecule has 1 unspecified atom stereocenters. The summed E-state index contributed by atoms with van der Waals surface area (Å²) in [5, 5.41) is 2.50. The van der Waals surface area contributed by atoms with Gasteiger partial charge in [-0.15, -0.1) is 0 Å². The van der Waals surface area contributed by atoms with Gasteiger partial charge in [0.1, 0.15) is 5.69 Å². The second kappa shape index (κ2) is 6.17. The summed E-state index contributed by atoms with van der Waals surface area (Å²) in [5.74, 6) is -0.974. The molecule has 0 radical (unpaired) electrons. The molecule has 1 aromatic heterocycles. The van der Waals surface area contributed by atoms with Crippen molar-refractivity contribution < 1.29 is 9.59 Å². The number of amides is 2. The predicted octanol–water partition coefficient (Wildman–Crippen LogP) is 1.69. The largest absolute Gasteiger partial charge is 0.366 e. The highest BCUT2D eigenvalue weighted by Crippen LogP contribution is 2.23. The molecule has 0 bridgehead atoms. The maximum Gasteiger partial charge on any atom is 0.269 e. The molecule has 21 heavy (non-hydrogen) atoms. The van der Waals surface area contributed by atoms with Gasteiger partial charge < -0.3 is 11.1 Å². The van der Waals surface area contributed by atoms with Crippen LogP contribution in [0.3, 0.4) is 0 Å². The molecule has 108 valence electrons. The Labute approximate surface area is 123 Å². The van der Waals surface area contributed by atoms with Gasteiger partial charge in [0.2, 0.25) is 5.91 Å². The second-order valence-corrected chi connectivity index (χ2v) is 4.74. The number of hydrogen-bond acceptors (Lipinski definition) is 3. The van der Waals surface area contributed by atoms with Gasteiger partial charge in [-0.1, -0.05) is 37.3 Å². The molecule has 1 aromatic carbocycles. The topological polar surface area (TPSA) is 85.1 Å². The van der Waals surface area contributed by atoms with Gasteiger partial charge in [-0.3, -0.25) is 9.59 Å². The molecule has 3 N–H and O–H groups in total. The van der Waals surface area contributed by atoms with Gasteiger partial charge in [-0.2, -0.15) is 0 Å². The van der Waals surface area contributed by atoms with Crippen LogP contribution in [0.2, 0.25) is 0 Å². The zero-order valence-corrected chi connectivity index (χ0v) is 12.0. The average molecular weight is 283 g/mol. The number of aromatic nitrogens is 1. The summed E-state index contributed by atoms with van der Waals surface area (Å²) in [5.41, 5.74) is 7.48. The van der Waals surface area contributed by atoms with Crippen LogP contribution >= 0.6 is 0 Å². The van der Waals surface area contributed by atoms with Crippen molar-refractivity contribution in [1.82, 2.24) is 10.3 Å². The van der Waals surface area contributed by atoms with Crippen molar-refractivity contribution in [2.75, 3.05) is 7.05 Å². The summed E-state index contributed by atoms with van der Waals surface area (Å²) in [4.78, 5) is 27.6. The first kappa shape index (κ1) is 14.7. The van der Waals surface area contributed by atoms with Gasteiger partial charge in [0, 0.05) is 24.2 Å². The van der Waals surface area contributed by atoms with E-state index in [0.29, 0.717) is 5.69 Å². The monoisotopic (exact) mass is 283 g/mol. The lowest BCUT2D eigenvalue weighted by Gasteiger charge is -2.13. The summed E-state index contributed by atoms with van der Waals surface area (Å²) < 4.78 is 0. The maximum absolute atomic E-state index is 11.8. The van der Waals surface area contributed by atoms with E-state index in [0.717, 1.165) is 5.56 Å². The standard InChI is InChI=1S/C16H17N3O2/c1-10(11-6-4-3-5-7-11)13-8-12(15(17)20)9-14(19-13)16(21)18-2/h3-10H,1-2H3,(H2,17,20)(H,18,21). The van der Waals surface area contributed by atoms with E-state index in [1.165, 1.54) is 13.1 Å². The number of benzene rings is 1. The van der Waals surface area contributed by atoms with Crippen molar-refractivity contribution in [2.24, 2.45) is 5.73 Å². The molecule has 0 saturated heterocycles. The molecular weight excluding hydrogens is 266 g/mol. The molecule has 0 saturated carbocycles. The Hall–Kier alpha value is -2.69. The Bertz CT molecular complexity index is 668. The second-order valence-electron chi connectivity index (χ2n) is 4.74. The highest BCUT2D eigenvalue weighted by molar-refractivity contribution is 5.97. The van der Waals surface area contributed by atoms with Crippen molar-refractivity contribution in [3.8, 4) is 0 Å². The SMILES string of the molecule is CNC(=O)c1cc(C(N)=O)cc(C(C)c2ccccc2)n1. The van der Waals surface area contributed by atoms with Crippen molar-refractivity contribution in [3.05, 3.63) is 65.0 Å². The van der Waals surface area contributed by atoms with E-state index >= 15 is 0 Å². The quantitative estimate of drug-likeness (QED) is 0.895. The Morgan fingerprint density at radius 1 is 1.19 bits per heavy atom. The van der Waals surface area contributed by atoms with Crippen LogP contribution in [-0.2, 0) is 0 Å². The summed E-state index contributed by atoms with van der Waals surface area (Å²) in [6.07, 6.45) is 0. The van der Waals surface area contributed by atoms with Crippen LogP contribution in [0.15, 0.2) is 42.5 Å². The van der Waals surface area contributed by atoms with Gasteiger partial charge in [-0.25, -0.2) is 4.98 Å². The number of rotatable bonds is 4. The number of primary amides is 1. The third kappa shape index (κ3) is 3.25. The Morgan fingerprint density at radius 2 is 1.86 bits per heavy atom. The van der Waals surface area contributed by atoms with Crippen molar-refractivity contribution in [3.63, 3.8) is 0 Å². The van der Waals surface area contributed by atoms with E-state index in [9.17, 15) is 9.59 Å². The third-order valence-electron chi connectivity index (χ3n) is 3.33. The van der Waals surface area contributed by atoms with E-state index < -0.39 is 5.91 Å². The van der Waals surface area contributed by atoms with E-state index in [2.05, 4.69) is 10.3 Å². The van der Waals surface area contributed by atoms with Crippen LogP contribution < -0.4 is 11.1 Å². The minimum atomic E-state index is -0.580. The Morgan fingerprint density at radius 3 is 2.43 bits per heavy atom. The molecule has 0 aliphatic carbocycles. The molecule has 1 atom stereocenters. The lowest BCUT2D eigenvalue weighted by atomic mass is 9.96. The van der Waals surface area contributed by atoms with Gasteiger partial charge in [0.15, 0.2) is 0 Å². The van der Waals surface area contributed by atoms with Crippen LogP contribution in [0.4, 0.5) is 0 Å². The van der Waals surface area contributed by atoms with E-state index in [1.54, 1.807) is 6.07 Å². The number of hydrogen-bond donors (Lipinski definition) is 2. The smallest absolute Gasteiger partial charge is 0.269 e. The summed E-state index contributed by atoms with van der Waals surface area (Å²) in [6.45, 7) is 1.97. The van der Waals surface area contributed by atoms with Gasteiger partial charge in [0.25, 0.3) is 5.91 Å². The van der Waals surface area contributed by atoms with Crippen LogP contribution in [0.25, 0.3) is 0 Å². The van der Waals surface area contributed by atoms with E-state index in [4.69, 9.17) is 5.73 Å². The minimum absolute atomic E-state index is 0.0473. The zero-order chi connectivity index (χ0) is 15.4. The summed E-state index contributed by atoms with van der Waals surface area (Å²) in [7, 11) is 1.52. The van der Waals surface area contributed by atoms with Gasteiger partial charge in [-0.05, 0) is 17.7 Å². The van der Waals surface area contributed by atoms with Crippen LogP contribution in [0, 0.1) is 0 Å². The molecule has 5 heteroatoms. The Kier molecular flexibility index (Phi) is 4.33. The molecular formula is C16H17N3O2. The first-order valence-corrected chi connectivity index (χ1v) is 6.61.